The molecular formula is C22H18N4O3. The molecule has 1 aliphatic heterocycles. The van der Waals surface area contributed by atoms with E-state index in [4.69, 9.17) is 0 Å². The molecule has 1 aromatic heterocycles. The van der Waals surface area contributed by atoms with E-state index in [2.05, 4.69) is 16.0 Å². The summed E-state index contributed by atoms with van der Waals surface area (Å²) in [6, 6.07) is 11.6. The van der Waals surface area contributed by atoms with Crippen molar-refractivity contribution >= 4 is 11.6 Å². The number of aryl methyl sites for hydroxylation is 1. The molecule has 144 valence electrons. The van der Waals surface area contributed by atoms with Crippen LogP contribution in [-0.4, -0.2) is 32.1 Å². The first-order valence-electron chi connectivity index (χ1n) is 9.18. The van der Waals surface area contributed by atoms with Gasteiger partial charge in [0.25, 0.3) is 5.91 Å². The monoisotopic (exact) mass is 386 g/mol. The van der Waals surface area contributed by atoms with Gasteiger partial charge in [-0.05, 0) is 49.6 Å². The molecule has 0 spiro atoms. The predicted molar refractivity (Wildman–Crippen MR) is 107 cm³/mol. The maximum absolute atomic E-state index is 13.2. The Hall–Kier alpha value is -3.92. The summed E-state index contributed by atoms with van der Waals surface area (Å²) in [4.78, 5) is 23.0. The Kier molecular flexibility index (Phi) is 4.61. The predicted octanol–water partition coefficient (Wildman–Crippen LogP) is 3.41. The van der Waals surface area contributed by atoms with Crippen LogP contribution in [-0.2, 0) is 6.42 Å². The summed E-state index contributed by atoms with van der Waals surface area (Å²) in [5.74, 6) is -0.692. The molecular weight excluding hydrogens is 368 g/mol. The molecule has 7 nitrogen and oxygen atoms in total. The van der Waals surface area contributed by atoms with E-state index in [0.29, 0.717) is 11.3 Å². The number of nitrogens with zero attached hydrogens (tertiary/aromatic N) is 4. The second-order valence-electron chi connectivity index (χ2n) is 7.00. The fourth-order valence-corrected chi connectivity index (χ4v) is 3.68. The number of phenols is 2. The number of benzene rings is 2. The molecule has 0 radical (unpaired) electrons. The zero-order valence-electron chi connectivity index (χ0n) is 15.7. The van der Waals surface area contributed by atoms with E-state index in [1.807, 2.05) is 25.1 Å². The number of fused-ring (bicyclic) bond motifs is 1. The van der Waals surface area contributed by atoms with Crippen LogP contribution in [0.1, 0.15) is 34.8 Å². The van der Waals surface area contributed by atoms with Crippen LogP contribution in [0.3, 0.4) is 0 Å². The third-order valence-electron chi connectivity index (χ3n) is 5.15. The molecule has 0 aliphatic carbocycles. The van der Waals surface area contributed by atoms with Crippen LogP contribution in [0.15, 0.2) is 48.9 Å². The number of rotatable bonds is 2. The van der Waals surface area contributed by atoms with Gasteiger partial charge in [0.05, 0.1) is 16.8 Å². The zero-order chi connectivity index (χ0) is 20.5. The molecule has 2 N–H and O–H groups in total. The lowest BCUT2D eigenvalue weighted by atomic mass is 9.93. The summed E-state index contributed by atoms with van der Waals surface area (Å²) >= 11 is 0. The van der Waals surface area contributed by atoms with Crippen molar-refractivity contribution in [3.8, 4) is 28.8 Å². The Labute approximate surface area is 167 Å². The molecule has 2 aromatic carbocycles. The smallest absolute Gasteiger partial charge is 0.262 e. The maximum Gasteiger partial charge on any atom is 0.262 e. The van der Waals surface area contributed by atoms with Crippen LogP contribution >= 0.6 is 0 Å². The standard InChI is InChI=1S/C22H18N4O3/c1-13-2-3-14-8-15(21-16(10-23)11-24-12-25-21)4-7-19(14)26(13)22(29)18-6-5-17(27)9-20(18)28/h4-9,11-13,27-28H,2-3H2,1H3/t13-/m0/s1. The zero-order valence-corrected chi connectivity index (χ0v) is 15.7. The largest absolute Gasteiger partial charge is 0.508 e. The number of carbonyl (C=O) groups is 1. The summed E-state index contributed by atoms with van der Waals surface area (Å²) in [5.41, 5.74) is 3.59. The first kappa shape index (κ1) is 18.4. The van der Waals surface area contributed by atoms with Crippen molar-refractivity contribution in [2.45, 2.75) is 25.8 Å². The van der Waals surface area contributed by atoms with E-state index in [1.165, 1.54) is 24.7 Å². The van der Waals surface area contributed by atoms with Crippen LogP contribution in [0.25, 0.3) is 11.3 Å². The molecule has 1 aliphatic rings. The normalized spacial score (nSPS) is 15.4. The van der Waals surface area contributed by atoms with Gasteiger partial charge in [-0.15, -0.1) is 0 Å². The number of aromatic nitrogens is 2. The van der Waals surface area contributed by atoms with Gasteiger partial charge in [0.2, 0.25) is 0 Å². The highest BCUT2D eigenvalue weighted by molar-refractivity contribution is 6.09. The number of phenolic OH excluding ortho intramolecular Hbond substituents is 2. The van der Waals surface area contributed by atoms with E-state index < -0.39 is 0 Å². The Balaban J connectivity index is 1.77. The third-order valence-corrected chi connectivity index (χ3v) is 5.15. The van der Waals surface area contributed by atoms with E-state index in [-0.39, 0.29) is 29.0 Å². The fraction of sp³-hybridized carbons (Fsp3) is 0.182. The van der Waals surface area contributed by atoms with E-state index >= 15 is 0 Å². The van der Waals surface area contributed by atoms with Gasteiger partial charge < -0.3 is 15.1 Å². The van der Waals surface area contributed by atoms with Gasteiger partial charge in [-0.2, -0.15) is 5.26 Å². The van der Waals surface area contributed by atoms with Crippen LogP contribution in [0.4, 0.5) is 5.69 Å². The highest BCUT2D eigenvalue weighted by Gasteiger charge is 2.30. The van der Waals surface area contributed by atoms with E-state index in [0.717, 1.165) is 35.7 Å². The van der Waals surface area contributed by atoms with Crippen molar-refractivity contribution in [3.05, 3.63) is 65.6 Å². The van der Waals surface area contributed by atoms with Gasteiger partial charge in [-0.1, -0.05) is 6.07 Å². The van der Waals surface area contributed by atoms with Crippen LogP contribution in [0.5, 0.6) is 11.5 Å². The molecule has 4 rings (SSSR count). The summed E-state index contributed by atoms with van der Waals surface area (Å²) in [7, 11) is 0. The number of nitriles is 1. The molecule has 29 heavy (non-hydrogen) atoms. The molecule has 1 atom stereocenters. The summed E-state index contributed by atoms with van der Waals surface area (Å²) in [5, 5.41) is 28.9. The first-order valence-corrected chi connectivity index (χ1v) is 9.18. The quantitative estimate of drug-likeness (QED) is 0.698. The van der Waals surface area contributed by atoms with Crippen molar-refractivity contribution in [1.82, 2.24) is 9.97 Å². The minimum atomic E-state index is -0.330. The molecule has 0 bridgehead atoms. The molecule has 3 aromatic rings. The number of aromatic hydroxyl groups is 2. The van der Waals surface area contributed by atoms with Crippen molar-refractivity contribution in [2.75, 3.05) is 4.90 Å². The van der Waals surface area contributed by atoms with Crippen LogP contribution in [0, 0.1) is 11.3 Å². The third kappa shape index (κ3) is 3.25. The topological polar surface area (TPSA) is 110 Å². The highest BCUT2D eigenvalue weighted by atomic mass is 16.3. The number of anilines is 1. The van der Waals surface area contributed by atoms with Gasteiger partial charge in [-0.3, -0.25) is 4.79 Å². The summed E-state index contributed by atoms with van der Waals surface area (Å²) in [6.07, 6.45) is 4.42. The minimum absolute atomic E-state index is 0.0530. The maximum atomic E-state index is 13.2. The second kappa shape index (κ2) is 7.24. The number of hydrogen-bond acceptors (Lipinski definition) is 6. The average molecular weight is 386 g/mol. The van der Waals surface area contributed by atoms with Crippen LogP contribution < -0.4 is 4.90 Å². The number of carbonyl (C=O) groups excluding carboxylic acids is 1. The molecule has 7 heteroatoms. The van der Waals surface area contributed by atoms with Gasteiger partial charge in [-0.25, -0.2) is 9.97 Å². The Morgan fingerprint density at radius 1 is 1.24 bits per heavy atom. The minimum Gasteiger partial charge on any atom is -0.508 e. The van der Waals surface area contributed by atoms with Crippen LogP contribution in [0.2, 0.25) is 0 Å². The number of hydrogen-bond donors (Lipinski definition) is 2. The molecule has 0 saturated carbocycles. The van der Waals surface area contributed by atoms with Crippen molar-refractivity contribution in [3.63, 3.8) is 0 Å². The second-order valence-corrected chi connectivity index (χ2v) is 7.00. The molecule has 0 saturated heterocycles. The Bertz CT molecular complexity index is 1150. The first-order chi connectivity index (χ1) is 14.0. The van der Waals surface area contributed by atoms with Crippen molar-refractivity contribution in [2.24, 2.45) is 0 Å². The molecule has 0 unspecified atom stereocenters. The lowest BCUT2D eigenvalue weighted by molar-refractivity contribution is 0.0972. The molecule has 1 amide bonds. The van der Waals surface area contributed by atoms with E-state index in [1.54, 1.807) is 4.90 Å². The Morgan fingerprint density at radius 3 is 2.83 bits per heavy atom. The highest BCUT2D eigenvalue weighted by Crippen LogP contribution is 2.36. The average Bonchev–Trinajstić information content (AvgIpc) is 2.73. The van der Waals surface area contributed by atoms with Gasteiger partial charge >= 0.3 is 0 Å². The van der Waals surface area contributed by atoms with Gasteiger partial charge in [0.15, 0.2) is 0 Å². The van der Waals surface area contributed by atoms with E-state index in [9.17, 15) is 20.3 Å². The van der Waals surface area contributed by atoms with Crippen molar-refractivity contribution in [1.29, 1.82) is 5.26 Å². The Morgan fingerprint density at radius 2 is 2.07 bits per heavy atom. The summed E-state index contributed by atoms with van der Waals surface area (Å²) < 4.78 is 0. The summed E-state index contributed by atoms with van der Waals surface area (Å²) in [6.45, 7) is 1.96. The SMILES string of the molecule is C[C@H]1CCc2cc(-c3ncncc3C#N)ccc2N1C(=O)c1ccc(O)cc1O. The van der Waals surface area contributed by atoms with Gasteiger partial charge in [0, 0.05) is 29.6 Å². The lowest BCUT2D eigenvalue weighted by Gasteiger charge is -2.35. The molecule has 0 fully saturated rings. The number of amides is 1. The lowest BCUT2D eigenvalue weighted by Crippen LogP contribution is -2.42. The molecule has 2 heterocycles. The van der Waals surface area contributed by atoms with Crippen molar-refractivity contribution < 1.29 is 15.0 Å². The van der Waals surface area contributed by atoms with Gasteiger partial charge in [0.1, 0.15) is 23.9 Å². The fourth-order valence-electron chi connectivity index (χ4n) is 3.68.